The fraction of sp³-hybridized carbons (Fsp3) is 0.190. The normalized spacial score (nSPS) is 14.8. The number of methoxy groups -OCH3 is 1. The minimum absolute atomic E-state index is 0.0736. The van der Waals surface area contributed by atoms with Crippen LogP contribution in [0.5, 0.6) is 11.5 Å². The number of hydrogen-bond donors (Lipinski definition) is 1. The van der Waals surface area contributed by atoms with Crippen molar-refractivity contribution in [1.29, 1.82) is 0 Å². The number of urea groups is 1. The summed E-state index contributed by atoms with van der Waals surface area (Å²) >= 11 is 0. The van der Waals surface area contributed by atoms with Crippen LogP contribution >= 0.6 is 0 Å². The third kappa shape index (κ3) is 4.37. The number of amides is 3. The summed E-state index contributed by atoms with van der Waals surface area (Å²) in [4.78, 5) is 36.0. The molecule has 0 unspecified atom stereocenters. The van der Waals surface area contributed by atoms with E-state index in [1.165, 1.54) is 19.2 Å². The molecule has 2 aromatic carbocycles. The smallest absolute Gasteiger partial charge is 0.328 e. The van der Waals surface area contributed by atoms with E-state index < -0.39 is 12.0 Å². The van der Waals surface area contributed by atoms with Gasteiger partial charge in [-0.2, -0.15) is 0 Å². The Labute approximate surface area is 167 Å². The lowest BCUT2D eigenvalue weighted by Crippen LogP contribution is -2.30. The van der Waals surface area contributed by atoms with E-state index in [0.717, 1.165) is 4.90 Å². The van der Waals surface area contributed by atoms with Crippen molar-refractivity contribution in [3.05, 3.63) is 64.9 Å². The number of imide groups is 1. The molecular formula is C21H19N2O6-. The van der Waals surface area contributed by atoms with Gasteiger partial charge in [-0.3, -0.25) is 9.69 Å². The molecule has 0 bridgehead atoms. The standard InChI is InChI=1S/C21H20N2O6/c1-3-23-19(24)16(22-21(23)27)10-13-7-8-17(18(11-13)28-2)29-12-14-5-4-6-15(9-14)20(25)26/h4-11H,3,12H2,1-2H3,(H,22,27)(H,25,26)/p-1/b16-10+. The van der Waals surface area contributed by atoms with E-state index in [1.807, 2.05) is 0 Å². The molecule has 3 amide bonds. The van der Waals surface area contributed by atoms with E-state index in [9.17, 15) is 19.5 Å². The number of nitrogens with zero attached hydrogens (tertiary/aromatic N) is 1. The number of carbonyl (C=O) groups is 3. The minimum atomic E-state index is -1.25. The maximum Gasteiger partial charge on any atom is 0.328 e. The number of carboxylic acid groups (broad SMARTS) is 1. The minimum Gasteiger partial charge on any atom is -0.545 e. The van der Waals surface area contributed by atoms with Crippen LogP contribution in [-0.4, -0.2) is 36.5 Å². The van der Waals surface area contributed by atoms with Crippen molar-refractivity contribution in [2.75, 3.05) is 13.7 Å². The average molecular weight is 395 g/mol. The maximum absolute atomic E-state index is 12.2. The van der Waals surface area contributed by atoms with Crippen LogP contribution in [-0.2, 0) is 11.4 Å². The summed E-state index contributed by atoms with van der Waals surface area (Å²) in [7, 11) is 1.48. The van der Waals surface area contributed by atoms with Gasteiger partial charge in [0.2, 0.25) is 0 Å². The topological polar surface area (TPSA) is 108 Å². The monoisotopic (exact) mass is 395 g/mol. The van der Waals surface area contributed by atoms with Crippen LogP contribution in [0.15, 0.2) is 48.2 Å². The lowest BCUT2D eigenvalue weighted by molar-refractivity contribution is -0.255. The summed E-state index contributed by atoms with van der Waals surface area (Å²) in [5, 5.41) is 13.5. The largest absolute Gasteiger partial charge is 0.545 e. The Kier molecular flexibility index (Phi) is 5.82. The molecule has 8 heteroatoms. The molecule has 0 radical (unpaired) electrons. The Balaban J connectivity index is 1.77. The fourth-order valence-corrected chi connectivity index (χ4v) is 2.87. The highest BCUT2D eigenvalue weighted by molar-refractivity contribution is 6.13. The molecule has 1 N–H and O–H groups in total. The molecule has 1 saturated heterocycles. The summed E-state index contributed by atoms with van der Waals surface area (Å²) in [6, 6.07) is 10.9. The Bertz CT molecular complexity index is 998. The first-order valence-electron chi connectivity index (χ1n) is 8.88. The number of rotatable bonds is 7. The van der Waals surface area contributed by atoms with E-state index in [2.05, 4.69) is 5.32 Å². The number of aromatic carboxylic acids is 1. The van der Waals surface area contributed by atoms with E-state index in [4.69, 9.17) is 9.47 Å². The molecule has 0 aromatic heterocycles. The van der Waals surface area contributed by atoms with Crippen molar-refractivity contribution < 1.29 is 29.0 Å². The second kappa shape index (κ2) is 8.47. The predicted molar refractivity (Wildman–Crippen MR) is 102 cm³/mol. The van der Waals surface area contributed by atoms with Gasteiger partial charge >= 0.3 is 6.03 Å². The second-order valence-electron chi connectivity index (χ2n) is 6.22. The Hall–Kier alpha value is -3.81. The van der Waals surface area contributed by atoms with Crippen LogP contribution in [0.4, 0.5) is 4.79 Å². The van der Waals surface area contributed by atoms with Gasteiger partial charge in [0.05, 0.1) is 13.1 Å². The summed E-state index contributed by atoms with van der Waals surface area (Å²) in [5.74, 6) is -0.758. The van der Waals surface area contributed by atoms with E-state index in [1.54, 1.807) is 43.3 Å². The Morgan fingerprint density at radius 2 is 1.97 bits per heavy atom. The van der Waals surface area contributed by atoms with E-state index >= 15 is 0 Å². The summed E-state index contributed by atoms with van der Waals surface area (Å²) in [5.41, 5.74) is 1.57. The number of ether oxygens (including phenoxy) is 2. The molecule has 1 heterocycles. The molecule has 0 aliphatic carbocycles. The van der Waals surface area contributed by atoms with Crippen molar-refractivity contribution in [2.45, 2.75) is 13.5 Å². The zero-order chi connectivity index (χ0) is 21.0. The summed E-state index contributed by atoms with van der Waals surface area (Å²) in [6.07, 6.45) is 1.56. The molecule has 0 saturated carbocycles. The van der Waals surface area contributed by atoms with Crippen molar-refractivity contribution in [2.24, 2.45) is 0 Å². The number of nitrogens with one attached hydrogen (secondary N) is 1. The quantitative estimate of drug-likeness (QED) is 0.563. The highest BCUT2D eigenvalue weighted by Crippen LogP contribution is 2.30. The van der Waals surface area contributed by atoms with Gasteiger partial charge in [0.25, 0.3) is 5.91 Å². The third-order valence-electron chi connectivity index (χ3n) is 4.33. The molecule has 1 fully saturated rings. The van der Waals surface area contributed by atoms with Crippen LogP contribution in [0.1, 0.15) is 28.4 Å². The van der Waals surface area contributed by atoms with E-state index in [0.29, 0.717) is 22.6 Å². The van der Waals surface area contributed by atoms with Crippen molar-refractivity contribution >= 4 is 24.0 Å². The van der Waals surface area contributed by atoms with Gasteiger partial charge in [0, 0.05) is 6.54 Å². The first kappa shape index (κ1) is 19.9. The zero-order valence-corrected chi connectivity index (χ0v) is 15.9. The van der Waals surface area contributed by atoms with Gasteiger partial charge < -0.3 is 24.7 Å². The van der Waals surface area contributed by atoms with Gasteiger partial charge in [-0.25, -0.2) is 4.79 Å². The summed E-state index contributed by atoms with van der Waals surface area (Å²) < 4.78 is 11.1. The van der Waals surface area contributed by atoms with Crippen molar-refractivity contribution in [3.8, 4) is 11.5 Å². The molecule has 29 heavy (non-hydrogen) atoms. The molecule has 2 aromatic rings. The van der Waals surface area contributed by atoms with Crippen molar-refractivity contribution in [1.82, 2.24) is 10.2 Å². The average Bonchev–Trinajstić information content (AvgIpc) is 2.99. The second-order valence-corrected chi connectivity index (χ2v) is 6.22. The number of carbonyl (C=O) groups excluding carboxylic acids is 3. The number of carboxylic acids is 1. The lowest BCUT2D eigenvalue weighted by atomic mass is 10.1. The van der Waals surface area contributed by atoms with Crippen LogP contribution in [0.25, 0.3) is 6.08 Å². The molecule has 150 valence electrons. The number of hydrogen-bond acceptors (Lipinski definition) is 6. The molecule has 1 aliphatic heterocycles. The highest BCUT2D eigenvalue weighted by atomic mass is 16.5. The zero-order valence-electron chi connectivity index (χ0n) is 15.9. The van der Waals surface area contributed by atoms with Crippen LogP contribution in [0, 0.1) is 0 Å². The molecule has 8 nitrogen and oxygen atoms in total. The SMILES string of the molecule is CCN1C(=O)N/C(=C/c2ccc(OCc3cccc(C(=O)[O-])c3)c(OC)c2)C1=O. The Morgan fingerprint density at radius 1 is 1.17 bits per heavy atom. The molecule has 3 rings (SSSR count). The van der Waals surface area contributed by atoms with Gasteiger partial charge in [-0.05, 0) is 47.9 Å². The van der Waals surface area contributed by atoms with Crippen LogP contribution < -0.4 is 19.9 Å². The molecular weight excluding hydrogens is 376 g/mol. The van der Waals surface area contributed by atoms with E-state index in [-0.39, 0.29) is 30.3 Å². The first-order chi connectivity index (χ1) is 13.9. The lowest BCUT2D eigenvalue weighted by Gasteiger charge is -2.12. The van der Waals surface area contributed by atoms with Crippen molar-refractivity contribution in [3.63, 3.8) is 0 Å². The first-order valence-corrected chi connectivity index (χ1v) is 8.88. The number of benzene rings is 2. The van der Waals surface area contributed by atoms with Gasteiger partial charge in [0.15, 0.2) is 11.5 Å². The predicted octanol–water partition coefficient (Wildman–Crippen LogP) is 1.55. The third-order valence-corrected chi connectivity index (χ3v) is 4.33. The van der Waals surface area contributed by atoms with Gasteiger partial charge in [-0.15, -0.1) is 0 Å². The summed E-state index contributed by atoms with van der Waals surface area (Å²) in [6.45, 7) is 2.15. The van der Waals surface area contributed by atoms with Gasteiger partial charge in [-0.1, -0.05) is 24.3 Å². The van der Waals surface area contributed by atoms with Crippen LogP contribution in [0.2, 0.25) is 0 Å². The van der Waals surface area contributed by atoms with Gasteiger partial charge in [0.1, 0.15) is 12.3 Å². The molecule has 0 atom stereocenters. The fourth-order valence-electron chi connectivity index (χ4n) is 2.87. The molecule has 1 aliphatic rings. The Morgan fingerprint density at radius 3 is 2.62 bits per heavy atom. The van der Waals surface area contributed by atoms with Crippen LogP contribution in [0.3, 0.4) is 0 Å². The molecule has 0 spiro atoms. The maximum atomic E-state index is 12.2. The number of likely N-dealkylation sites (N-methyl/N-ethyl adjacent to an activating group) is 1. The highest BCUT2D eigenvalue weighted by Gasteiger charge is 2.32.